The summed E-state index contributed by atoms with van der Waals surface area (Å²) >= 11 is 0. The van der Waals surface area contributed by atoms with Gasteiger partial charge in [-0.05, 0) is 11.1 Å². The number of carbonyl (C=O) groups is 2. The summed E-state index contributed by atoms with van der Waals surface area (Å²) in [5, 5.41) is 7.68. The minimum atomic E-state index is -3.92. The summed E-state index contributed by atoms with van der Waals surface area (Å²) in [4.78, 5) is 27.7. The molecular formula is C30H35ClN5O4S+. The van der Waals surface area contributed by atoms with Crippen LogP contribution < -0.4 is 16.2 Å². The Morgan fingerprint density at radius 3 is 2.05 bits per heavy atom. The van der Waals surface area contributed by atoms with E-state index in [0.717, 1.165) is 11.1 Å². The molecule has 2 amide bonds. The molecule has 4 atom stereocenters. The van der Waals surface area contributed by atoms with E-state index >= 15 is 0 Å². The second kappa shape index (κ2) is 11.7. The Morgan fingerprint density at radius 2 is 1.51 bits per heavy atom. The van der Waals surface area contributed by atoms with E-state index in [-0.39, 0.29) is 53.3 Å². The van der Waals surface area contributed by atoms with Crippen molar-refractivity contribution in [3.8, 4) is 0 Å². The number of sulfonamides is 1. The number of hydrogen-bond donors (Lipinski definition) is 4. The SMILES string of the molecule is Cl.N=C(N)c1ccc(C[N+]2(C(=O)C(Cc3ccccc3)NS(=O)(=O)Cc3ccccc3)CC[C@@H]3C[C@@]32C(N)=O)cc1. The largest absolute Gasteiger partial charge is 0.384 e. The van der Waals surface area contributed by atoms with Crippen LogP contribution in [0.25, 0.3) is 0 Å². The number of nitrogen functional groups attached to an aromatic ring is 1. The number of nitrogens with one attached hydrogen (secondary N) is 2. The number of fused-ring (bicyclic) bond motifs is 1. The number of benzene rings is 3. The van der Waals surface area contributed by atoms with E-state index in [1.807, 2.05) is 36.4 Å². The van der Waals surface area contributed by atoms with Crippen molar-refractivity contribution < 1.29 is 22.5 Å². The van der Waals surface area contributed by atoms with Crippen molar-refractivity contribution in [1.29, 1.82) is 5.41 Å². The molecule has 216 valence electrons. The molecule has 1 aliphatic heterocycles. The van der Waals surface area contributed by atoms with Crippen LogP contribution in [0.4, 0.5) is 0 Å². The first-order chi connectivity index (χ1) is 19.1. The fraction of sp³-hybridized carbons (Fsp3) is 0.300. The highest BCUT2D eigenvalue weighted by Gasteiger charge is 2.79. The lowest BCUT2D eigenvalue weighted by molar-refractivity contribution is -0.885. The molecule has 1 saturated heterocycles. The van der Waals surface area contributed by atoms with Gasteiger partial charge in [0.1, 0.15) is 18.4 Å². The Kier molecular flexibility index (Phi) is 8.70. The molecular weight excluding hydrogens is 562 g/mol. The minimum absolute atomic E-state index is 0. The average Bonchev–Trinajstić information content (AvgIpc) is 3.60. The fourth-order valence-electron chi connectivity index (χ4n) is 6.36. The average molecular weight is 597 g/mol. The molecule has 0 radical (unpaired) electrons. The lowest BCUT2D eigenvalue weighted by Crippen LogP contribution is -2.68. The predicted molar refractivity (Wildman–Crippen MR) is 159 cm³/mol. The number of carbonyl (C=O) groups excluding carboxylic acids is 2. The third-order valence-electron chi connectivity index (χ3n) is 8.36. The molecule has 11 heteroatoms. The second-order valence-electron chi connectivity index (χ2n) is 10.9. The topological polar surface area (TPSA) is 156 Å². The summed E-state index contributed by atoms with van der Waals surface area (Å²) in [7, 11) is -3.92. The van der Waals surface area contributed by atoms with Crippen molar-refractivity contribution in [3.05, 3.63) is 107 Å². The van der Waals surface area contributed by atoms with Gasteiger partial charge >= 0.3 is 5.91 Å². The number of quaternary nitrogens is 1. The molecule has 6 N–H and O–H groups in total. The van der Waals surface area contributed by atoms with Crippen LogP contribution in [0, 0.1) is 11.3 Å². The van der Waals surface area contributed by atoms with Gasteiger partial charge in [-0.3, -0.25) is 10.2 Å². The lowest BCUT2D eigenvalue weighted by atomic mass is 10.00. The maximum Gasteiger partial charge on any atom is 0.333 e. The molecule has 2 unspecified atom stereocenters. The standard InChI is InChI=1S/C30H33N5O4S.ClH/c31-27(32)24-13-11-22(12-14-24)19-35(16-15-25-18-30(25,35)29(33)37)28(36)26(17-21-7-3-1-4-8-21)34-40(38,39)20-23-9-5-2-6-10-23;/h1-14,25-26,34H,15-20H2,(H4-,31,32,33,37);1H/p+1/t25-,26?,30+,35?;/m1./s1. The summed E-state index contributed by atoms with van der Waals surface area (Å²) in [6, 6.07) is 23.9. The second-order valence-corrected chi connectivity index (χ2v) is 12.6. The van der Waals surface area contributed by atoms with Gasteiger partial charge in [0.15, 0.2) is 5.54 Å². The molecule has 41 heavy (non-hydrogen) atoms. The Morgan fingerprint density at radius 1 is 0.927 bits per heavy atom. The van der Waals surface area contributed by atoms with Crippen LogP contribution in [0.1, 0.15) is 35.1 Å². The van der Waals surface area contributed by atoms with Gasteiger partial charge in [-0.2, -0.15) is 4.72 Å². The number of primary amides is 1. The van der Waals surface area contributed by atoms with Crippen LogP contribution in [0.15, 0.2) is 84.9 Å². The number of amides is 2. The molecule has 0 aromatic heterocycles. The number of hydrogen-bond acceptors (Lipinski definition) is 5. The third-order valence-corrected chi connectivity index (χ3v) is 9.72. The van der Waals surface area contributed by atoms with Crippen LogP contribution >= 0.6 is 12.4 Å². The number of nitrogens with two attached hydrogens (primary N) is 2. The zero-order valence-electron chi connectivity index (χ0n) is 22.5. The van der Waals surface area contributed by atoms with Crippen LogP contribution in [-0.2, 0) is 38.3 Å². The number of amidine groups is 1. The van der Waals surface area contributed by atoms with Gasteiger partial charge in [-0.15, -0.1) is 12.4 Å². The van der Waals surface area contributed by atoms with Crippen molar-refractivity contribution in [2.24, 2.45) is 17.4 Å². The molecule has 1 heterocycles. The monoisotopic (exact) mass is 596 g/mol. The summed E-state index contributed by atoms with van der Waals surface area (Å²) < 4.78 is 29.3. The van der Waals surface area contributed by atoms with Gasteiger partial charge in [-0.1, -0.05) is 84.9 Å². The van der Waals surface area contributed by atoms with E-state index in [2.05, 4.69) is 4.72 Å². The number of rotatable bonds is 11. The van der Waals surface area contributed by atoms with E-state index in [0.29, 0.717) is 30.5 Å². The van der Waals surface area contributed by atoms with Gasteiger partial charge < -0.3 is 11.5 Å². The van der Waals surface area contributed by atoms with Gasteiger partial charge in [-0.25, -0.2) is 17.7 Å². The van der Waals surface area contributed by atoms with E-state index in [9.17, 15) is 18.0 Å². The summed E-state index contributed by atoms with van der Waals surface area (Å²) in [6.45, 7) is 0.564. The zero-order valence-corrected chi connectivity index (χ0v) is 24.2. The quantitative estimate of drug-likeness (QED) is 0.152. The molecule has 2 aliphatic rings. The van der Waals surface area contributed by atoms with Crippen molar-refractivity contribution >= 4 is 40.1 Å². The highest BCUT2D eigenvalue weighted by molar-refractivity contribution is 7.88. The summed E-state index contributed by atoms with van der Waals surface area (Å²) in [5.74, 6) is -1.27. The molecule has 0 bridgehead atoms. The Bertz CT molecular complexity index is 1540. The number of likely N-dealkylation sites (tertiary alicyclic amines) is 1. The molecule has 1 saturated carbocycles. The van der Waals surface area contributed by atoms with Gasteiger partial charge in [0.05, 0.1) is 12.3 Å². The van der Waals surface area contributed by atoms with Gasteiger partial charge in [0, 0.05) is 36.3 Å². The molecule has 9 nitrogen and oxygen atoms in total. The van der Waals surface area contributed by atoms with Crippen LogP contribution in [0.2, 0.25) is 0 Å². The number of nitrogens with zero attached hydrogens (tertiary/aromatic N) is 1. The highest BCUT2D eigenvalue weighted by Crippen LogP contribution is 2.61. The van der Waals surface area contributed by atoms with E-state index in [1.54, 1.807) is 48.5 Å². The third kappa shape index (κ3) is 5.92. The Hall–Kier alpha value is -3.57. The van der Waals surface area contributed by atoms with Crippen molar-refractivity contribution in [1.82, 2.24) is 4.72 Å². The first-order valence-corrected chi connectivity index (χ1v) is 14.9. The van der Waals surface area contributed by atoms with Crippen LogP contribution in [-0.4, -0.2) is 48.7 Å². The molecule has 5 rings (SSSR count). The Balaban J connectivity index is 0.00000387. The zero-order chi connectivity index (χ0) is 28.5. The maximum atomic E-state index is 14.7. The van der Waals surface area contributed by atoms with Crippen molar-refractivity contribution in [2.45, 2.75) is 43.1 Å². The summed E-state index contributed by atoms with van der Waals surface area (Å²) in [6.07, 6.45) is 1.28. The van der Waals surface area contributed by atoms with Crippen LogP contribution in [0.5, 0.6) is 0 Å². The van der Waals surface area contributed by atoms with Gasteiger partial charge in [0.25, 0.3) is 5.91 Å². The maximum absolute atomic E-state index is 14.7. The van der Waals surface area contributed by atoms with E-state index < -0.39 is 27.5 Å². The number of halogens is 1. The molecule has 3 aromatic rings. The van der Waals surface area contributed by atoms with Gasteiger partial charge in [0.2, 0.25) is 10.0 Å². The smallest absolute Gasteiger partial charge is 0.333 e. The van der Waals surface area contributed by atoms with Crippen molar-refractivity contribution in [2.75, 3.05) is 6.54 Å². The fourth-order valence-corrected chi connectivity index (χ4v) is 7.69. The van der Waals surface area contributed by atoms with E-state index in [4.69, 9.17) is 16.9 Å². The number of piperidine rings is 1. The summed E-state index contributed by atoms with van der Waals surface area (Å²) in [5.41, 5.74) is 13.3. The molecule has 3 aromatic carbocycles. The van der Waals surface area contributed by atoms with Crippen molar-refractivity contribution in [3.63, 3.8) is 0 Å². The first kappa shape index (κ1) is 30.4. The minimum Gasteiger partial charge on any atom is -0.384 e. The normalized spacial score (nSPS) is 23.6. The van der Waals surface area contributed by atoms with Crippen LogP contribution in [0.3, 0.4) is 0 Å². The Labute approximate surface area is 246 Å². The molecule has 2 fully saturated rings. The first-order valence-electron chi connectivity index (χ1n) is 13.3. The molecule has 0 spiro atoms. The van der Waals surface area contributed by atoms with E-state index in [1.165, 1.54) is 0 Å². The lowest BCUT2D eigenvalue weighted by Gasteiger charge is -2.41. The molecule has 1 aliphatic carbocycles. The highest BCUT2D eigenvalue weighted by atomic mass is 35.5. The predicted octanol–water partition coefficient (Wildman–Crippen LogP) is 2.61.